The maximum atomic E-state index is 12.9. The molecule has 0 aromatic heterocycles. The van der Waals surface area contributed by atoms with Gasteiger partial charge in [0.15, 0.2) is 0 Å². The summed E-state index contributed by atoms with van der Waals surface area (Å²) >= 11 is 0. The second-order valence-corrected chi connectivity index (χ2v) is 6.83. The Hall–Kier alpha value is -2.44. The van der Waals surface area contributed by atoms with E-state index in [0.29, 0.717) is 30.1 Å². The Balaban J connectivity index is 0.00000280. The van der Waals surface area contributed by atoms with Crippen LogP contribution in [0.15, 0.2) is 48.5 Å². The Labute approximate surface area is 170 Å². The number of rotatable bonds is 7. The van der Waals surface area contributed by atoms with Gasteiger partial charge in [-0.2, -0.15) is 0 Å². The molecule has 0 radical (unpaired) electrons. The smallest absolute Gasteiger partial charge is 0.255 e. The van der Waals surface area contributed by atoms with Crippen LogP contribution in [-0.4, -0.2) is 24.9 Å². The summed E-state index contributed by atoms with van der Waals surface area (Å²) in [7, 11) is 0. The number of carbonyl (C=O) groups is 2. The maximum Gasteiger partial charge on any atom is 0.255 e. The summed E-state index contributed by atoms with van der Waals surface area (Å²) in [4.78, 5) is 24.1. The van der Waals surface area contributed by atoms with Gasteiger partial charge in [0.25, 0.3) is 5.91 Å². The van der Waals surface area contributed by atoms with Gasteiger partial charge in [-0.25, -0.2) is 4.39 Å². The topological polar surface area (TPSA) is 70.2 Å². The highest BCUT2D eigenvalue weighted by Gasteiger charge is 2.15. The number of nitrogens with one attached hydrogen (secondary N) is 3. The molecule has 1 aliphatic heterocycles. The third kappa shape index (κ3) is 6.62. The largest absolute Gasteiger partial charge is 0.352 e. The second-order valence-electron chi connectivity index (χ2n) is 6.83. The fourth-order valence-electron chi connectivity index (χ4n) is 3.10. The zero-order valence-electron chi connectivity index (χ0n) is 15.5. The Kier molecular flexibility index (Phi) is 8.42. The van der Waals surface area contributed by atoms with E-state index in [4.69, 9.17) is 0 Å². The number of carbonyl (C=O) groups excluding carboxylic acids is 2. The van der Waals surface area contributed by atoms with Crippen LogP contribution in [0.25, 0.3) is 0 Å². The van der Waals surface area contributed by atoms with Gasteiger partial charge in [0, 0.05) is 24.2 Å². The number of amides is 2. The first-order valence-corrected chi connectivity index (χ1v) is 9.23. The minimum absolute atomic E-state index is 0. The lowest BCUT2D eigenvalue weighted by Gasteiger charge is -2.10. The van der Waals surface area contributed by atoms with Crippen LogP contribution in [0.4, 0.5) is 10.1 Å². The van der Waals surface area contributed by atoms with Crippen molar-refractivity contribution in [3.8, 4) is 0 Å². The summed E-state index contributed by atoms with van der Waals surface area (Å²) in [5, 5.41) is 9.01. The van der Waals surface area contributed by atoms with Crippen LogP contribution in [0, 0.1) is 11.7 Å². The first kappa shape index (κ1) is 21.9. The molecule has 2 aromatic rings. The first-order chi connectivity index (χ1) is 13.1. The molecule has 1 saturated heterocycles. The summed E-state index contributed by atoms with van der Waals surface area (Å²) < 4.78 is 12.9. The van der Waals surface area contributed by atoms with E-state index in [1.54, 1.807) is 12.1 Å². The van der Waals surface area contributed by atoms with Crippen molar-refractivity contribution in [2.75, 3.05) is 18.4 Å². The van der Waals surface area contributed by atoms with Crippen molar-refractivity contribution in [3.05, 3.63) is 65.5 Å². The second kappa shape index (κ2) is 10.8. The highest BCUT2D eigenvalue weighted by molar-refractivity contribution is 6.04. The molecule has 5 nitrogen and oxygen atoms in total. The van der Waals surface area contributed by atoms with Crippen molar-refractivity contribution < 1.29 is 14.0 Å². The van der Waals surface area contributed by atoms with Crippen molar-refractivity contribution in [1.82, 2.24) is 10.6 Å². The lowest BCUT2D eigenvalue weighted by Crippen LogP contribution is -2.23. The molecule has 1 atom stereocenters. The first-order valence-electron chi connectivity index (χ1n) is 9.23. The third-order valence-corrected chi connectivity index (χ3v) is 4.75. The summed E-state index contributed by atoms with van der Waals surface area (Å²) in [6, 6.07) is 12.7. The molecule has 3 N–H and O–H groups in total. The predicted molar refractivity (Wildman–Crippen MR) is 110 cm³/mol. The van der Waals surface area contributed by atoms with E-state index in [1.807, 2.05) is 12.1 Å². The molecule has 0 spiro atoms. The normalized spacial score (nSPS) is 15.5. The fourth-order valence-corrected chi connectivity index (χ4v) is 3.10. The lowest BCUT2D eigenvalue weighted by molar-refractivity contribution is -0.121. The van der Waals surface area contributed by atoms with E-state index in [2.05, 4.69) is 16.0 Å². The Morgan fingerprint density at radius 2 is 1.79 bits per heavy atom. The van der Waals surface area contributed by atoms with Gasteiger partial charge in [-0.3, -0.25) is 9.59 Å². The number of benzene rings is 2. The molecular formula is C21H25ClFN3O2. The molecule has 0 saturated carbocycles. The van der Waals surface area contributed by atoms with E-state index in [1.165, 1.54) is 24.3 Å². The van der Waals surface area contributed by atoms with E-state index < -0.39 is 0 Å². The number of anilines is 1. The van der Waals surface area contributed by atoms with Gasteiger partial charge in [-0.1, -0.05) is 12.1 Å². The van der Waals surface area contributed by atoms with Gasteiger partial charge in [0.2, 0.25) is 5.91 Å². The Bertz CT molecular complexity index is 775. The molecule has 3 rings (SSSR count). The van der Waals surface area contributed by atoms with Gasteiger partial charge in [-0.15, -0.1) is 12.4 Å². The van der Waals surface area contributed by atoms with Crippen molar-refractivity contribution in [3.63, 3.8) is 0 Å². The molecule has 1 fully saturated rings. The monoisotopic (exact) mass is 405 g/mol. The minimum Gasteiger partial charge on any atom is -0.352 e. The van der Waals surface area contributed by atoms with E-state index in [9.17, 15) is 14.0 Å². The van der Waals surface area contributed by atoms with Crippen LogP contribution in [-0.2, 0) is 11.3 Å². The number of halogens is 2. The zero-order valence-corrected chi connectivity index (χ0v) is 16.4. The van der Waals surface area contributed by atoms with Crippen LogP contribution in [0.2, 0.25) is 0 Å². The average molecular weight is 406 g/mol. The van der Waals surface area contributed by atoms with Crippen LogP contribution in [0.5, 0.6) is 0 Å². The van der Waals surface area contributed by atoms with Crippen LogP contribution >= 0.6 is 12.4 Å². The molecule has 150 valence electrons. The van der Waals surface area contributed by atoms with Crippen molar-refractivity contribution in [2.45, 2.75) is 25.8 Å². The summed E-state index contributed by atoms with van der Waals surface area (Å²) in [6.07, 6.45) is 2.63. The lowest BCUT2D eigenvalue weighted by atomic mass is 10.0. The zero-order chi connectivity index (χ0) is 19.1. The van der Waals surface area contributed by atoms with E-state index >= 15 is 0 Å². The summed E-state index contributed by atoms with van der Waals surface area (Å²) in [5.41, 5.74) is 2.00. The van der Waals surface area contributed by atoms with Crippen LogP contribution < -0.4 is 16.0 Å². The molecular weight excluding hydrogens is 381 g/mol. The van der Waals surface area contributed by atoms with Gasteiger partial charge in [-0.05, 0) is 73.8 Å². The highest BCUT2D eigenvalue weighted by atomic mass is 35.5. The van der Waals surface area contributed by atoms with Crippen molar-refractivity contribution in [2.24, 2.45) is 5.92 Å². The van der Waals surface area contributed by atoms with Gasteiger partial charge >= 0.3 is 0 Å². The van der Waals surface area contributed by atoms with E-state index in [0.717, 1.165) is 31.5 Å². The number of hydrogen-bond donors (Lipinski definition) is 3. The molecule has 1 aliphatic rings. The molecule has 7 heteroatoms. The molecule has 28 heavy (non-hydrogen) atoms. The molecule has 2 amide bonds. The summed E-state index contributed by atoms with van der Waals surface area (Å²) in [6.45, 7) is 2.53. The van der Waals surface area contributed by atoms with Gasteiger partial charge in [0.1, 0.15) is 5.82 Å². The van der Waals surface area contributed by atoms with Crippen LogP contribution in [0.1, 0.15) is 35.2 Å². The Morgan fingerprint density at radius 1 is 1.07 bits per heavy atom. The van der Waals surface area contributed by atoms with Crippen molar-refractivity contribution in [1.29, 1.82) is 0 Å². The molecule has 2 aromatic carbocycles. The summed E-state index contributed by atoms with van der Waals surface area (Å²) in [5.74, 6) is 0.00524. The predicted octanol–water partition coefficient (Wildman–Crippen LogP) is 3.51. The van der Waals surface area contributed by atoms with Crippen LogP contribution in [0.3, 0.4) is 0 Å². The minimum atomic E-state index is -0.377. The van der Waals surface area contributed by atoms with Gasteiger partial charge in [0.05, 0.1) is 0 Å². The third-order valence-electron chi connectivity index (χ3n) is 4.75. The molecule has 0 bridgehead atoms. The van der Waals surface area contributed by atoms with Gasteiger partial charge < -0.3 is 16.0 Å². The molecule has 0 aliphatic carbocycles. The van der Waals surface area contributed by atoms with Crippen molar-refractivity contribution >= 4 is 29.9 Å². The average Bonchev–Trinajstić information content (AvgIpc) is 3.20. The quantitative estimate of drug-likeness (QED) is 0.660. The maximum absolute atomic E-state index is 12.9. The molecule has 1 unspecified atom stereocenters. The standard InChI is InChI=1S/C21H24FN3O2.ClH/c22-18-6-4-17(5-7-18)21(27)25-19-8-1-15(2-9-19)14-24-20(26)10-3-16-11-12-23-13-16;/h1-2,4-9,16,23H,3,10-14H2,(H,24,26)(H,25,27);1H. The number of hydrogen-bond acceptors (Lipinski definition) is 3. The SMILES string of the molecule is Cl.O=C(CCC1CCNC1)NCc1ccc(NC(=O)c2ccc(F)cc2)cc1. The Morgan fingerprint density at radius 3 is 2.43 bits per heavy atom. The van der Waals surface area contributed by atoms with E-state index in [-0.39, 0.29) is 30.0 Å². The molecule has 1 heterocycles. The highest BCUT2D eigenvalue weighted by Crippen LogP contribution is 2.15. The fraction of sp³-hybridized carbons (Fsp3) is 0.333.